The highest BCUT2D eigenvalue weighted by atomic mass is 16.6. The predicted molar refractivity (Wildman–Crippen MR) is 61.6 cm³/mol. The predicted octanol–water partition coefficient (Wildman–Crippen LogP) is 1.09. The summed E-state index contributed by atoms with van der Waals surface area (Å²) in [4.78, 5) is 23.6. The standard InChI is InChI=1S/C11H14N2O5/c14-9(3-4-12-5-7-17-8-6-12)10-1-2-11(18-10)13(15)16/h1-2H,3-8H2. The monoisotopic (exact) mass is 254 g/mol. The van der Waals surface area contributed by atoms with Crippen LogP contribution in [0.15, 0.2) is 16.5 Å². The molecule has 0 spiro atoms. The van der Waals surface area contributed by atoms with E-state index in [-0.39, 0.29) is 11.5 Å². The molecule has 7 nitrogen and oxygen atoms in total. The maximum absolute atomic E-state index is 11.7. The number of nitrogens with zero attached hydrogens (tertiary/aromatic N) is 2. The summed E-state index contributed by atoms with van der Waals surface area (Å²) in [7, 11) is 0. The highest BCUT2D eigenvalue weighted by Gasteiger charge is 2.18. The van der Waals surface area contributed by atoms with Crippen molar-refractivity contribution in [1.82, 2.24) is 4.90 Å². The third-order valence-electron chi connectivity index (χ3n) is 2.81. The van der Waals surface area contributed by atoms with Crippen molar-refractivity contribution in [3.8, 4) is 0 Å². The summed E-state index contributed by atoms with van der Waals surface area (Å²) in [5.41, 5.74) is 0. The summed E-state index contributed by atoms with van der Waals surface area (Å²) in [6.45, 7) is 3.61. The molecule has 0 atom stereocenters. The van der Waals surface area contributed by atoms with Crippen molar-refractivity contribution < 1.29 is 18.9 Å². The van der Waals surface area contributed by atoms with Crippen LogP contribution in [0.1, 0.15) is 17.0 Å². The van der Waals surface area contributed by atoms with E-state index in [1.807, 2.05) is 0 Å². The van der Waals surface area contributed by atoms with E-state index < -0.39 is 10.8 Å². The quantitative estimate of drug-likeness (QED) is 0.444. The Morgan fingerprint density at radius 2 is 2.11 bits per heavy atom. The van der Waals surface area contributed by atoms with Crippen LogP contribution in [0.4, 0.5) is 5.88 Å². The Hall–Kier alpha value is -1.73. The second-order valence-electron chi connectivity index (χ2n) is 4.02. The number of carbonyl (C=O) groups is 1. The molecule has 1 aliphatic rings. The third kappa shape index (κ3) is 3.14. The number of morpholine rings is 1. The fourth-order valence-electron chi connectivity index (χ4n) is 1.78. The van der Waals surface area contributed by atoms with Crippen molar-refractivity contribution in [3.63, 3.8) is 0 Å². The third-order valence-corrected chi connectivity index (χ3v) is 2.81. The van der Waals surface area contributed by atoms with Crippen LogP contribution >= 0.6 is 0 Å². The van der Waals surface area contributed by atoms with E-state index in [0.29, 0.717) is 26.2 Å². The van der Waals surface area contributed by atoms with Gasteiger partial charge in [0.1, 0.15) is 4.92 Å². The minimum Gasteiger partial charge on any atom is -0.397 e. The maximum Gasteiger partial charge on any atom is 0.433 e. The summed E-state index contributed by atoms with van der Waals surface area (Å²) < 4.78 is 10.1. The first-order chi connectivity index (χ1) is 8.66. The number of Topliss-reactive ketones (excluding diaryl/α,β-unsaturated/α-hetero) is 1. The number of nitro groups is 1. The van der Waals surface area contributed by atoms with Gasteiger partial charge >= 0.3 is 5.88 Å². The summed E-state index contributed by atoms with van der Waals surface area (Å²) in [6.07, 6.45) is 0.296. The second-order valence-corrected chi connectivity index (χ2v) is 4.02. The van der Waals surface area contributed by atoms with Gasteiger partial charge in [-0.25, -0.2) is 0 Å². The summed E-state index contributed by atoms with van der Waals surface area (Å²) in [6, 6.07) is 2.54. The van der Waals surface area contributed by atoms with Gasteiger partial charge in [0.2, 0.25) is 0 Å². The van der Waals surface area contributed by atoms with E-state index in [4.69, 9.17) is 9.15 Å². The summed E-state index contributed by atoms with van der Waals surface area (Å²) >= 11 is 0. The lowest BCUT2D eigenvalue weighted by molar-refractivity contribution is -0.402. The molecule has 1 aromatic heterocycles. The zero-order valence-electron chi connectivity index (χ0n) is 9.83. The van der Waals surface area contributed by atoms with Crippen molar-refractivity contribution in [3.05, 3.63) is 28.0 Å². The van der Waals surface area contributed by atoms with Gasteiger partial charge in [-0.05, 0) is 6.07 Å². The number of hydrogen-bond donors (Lipinski definition) is 0. The molecule has 0 bridgehead atoms. The molecule has 1 fully saturated rings. The first kappa shape index (κ1) is 12.7. The van der Waals surface area contributed by atoms with E-state index >= 15 is 0 Å². The Kier molecular flexibility index (Phi) is 4.06. The van der Waals surface area contributed by atoms with Crippen molar-refractivity contribution in [1.29, 1.82) is 0 Å². The van der Waals surface area contributed by atoms with E-state index in [0.717, 1.165) is 13.1 Å². The second kappa shape index (κ2) is 5.74. The molecule has 2 heterocycles. The lowest BCUT2D eigenvalue weighted by Crippen LogP contribution is -2.37. The molecule has 0 amide bonds. The van der Waals surface area contributed by atoms with Crippen molar-refractivity contribution in [2.75, 3.05) is 32.8 Å². The number of ether oxygens (including phenoxy) is 1. The van der Waals surface area contributed by atoms with Gasteiger partial charge in [0.05, 0.1) is 19.3 Å². The van der Waals surface area contributed by atoms with Crippen LogP contribution in [-0.4, -0.2) is 48.5 Å². The van der Waals surface area contributed by atoms with Gasteiger partial charge in [-0.1, -0.05) is 0 Å². The molecule has 0 radical (unpaired) electrons. The Morgan fingerprint density at radius 1 is 1.39 bits per heavy atom. The number of ketones is 1. The molecule has 98 valence electrons. The molecular weight excluding hydrogens is 240 g/mol. The number of rotatable bonds is 5. The minimum atomic E-state index is -0.654. The Balaban J connectivity index is 1.84. The molecule has 7 heteroatoms. The lowest BCUT2D eigenvalue weighted by atomic mass is 10.2. The summed E-state index contributed by atoms with van der Waals surface area (Å²) in [5, 5.41) is 10.4. The SMILES string of the molecule is O=C(CCN1CCOCC1)c1ccc([N+](=O)[O-])o1. The maximum atomic E-state index is 11.7. The van der Waals surface area contributed by atoms with Crippen LogP contribution in [0.3, 0.4) is 0 Å². The van der Waals surface area contributed by atoms with Crippen LogP contribution in [0, 0.1) is 10.1 Å². The smallest absolute Gasteiger partial charge is 0.397 e. The minimum absolute atomic E-state index is 0.0509. The van der Waals surface area contributed by atoms with Crippen molar-refractivity contribution >= 4 is 11.7 Å². The van der Waals surface area contributed by atoms with Gasteiger partial charge in [-0.15, -0.1) is 0 Å². The van der Waals surface area contributed by atoms with E-state index in [1.54, 1.807) is 0 Å². The number of furan rings is 1. The average Bonchev–Trinajstić information content (AvgIpc) is 2.87. The van der Waals surface area contributed by atoms with E-state index in [2.05, 4.69) is 4.90 Å². The zero-order valence-corrected chi connectivity index (χ0v) is 9.83. The molecule has 0 aliphatic carbocycles. The zero-order chi connectivity index (χ0) is 13.0. The molecule has 1 aliphatic heterocycles. The van der Waals surface area contributed by atoms with Gasteiger partial charge in [-0.2, -0.15) is 0 Å². The van der Waals surface area contributed by atoms with Crippen LogP contribution in [0.5, 0.6) is 0 Å². The number of carbonyl (C=O) groups excluding carboxylic acids is 1. The van der Waals surface area contributed by atoms with Gasteiger partial charge in [-0.3, -0.25) is 19.8 Å². The largest absolute Gasteiger partial charge is 0.433 e. The fourth-order valence-corrected chi connectivity index (χ4v) is 1.78. The molecule has 18 heavy (non-hydrogen) atoms. The van der Waals surface area contributed by atoms with Gasteiger partial charge in [0, 0.05) is 26.1 Å². The van der Waals surface area contributed by atoms with Gasteiger partial charge in [0.25, 0.3) is 0 Å². The fraction of sp³-hybridized carbons (Fsp3) is 0.545. The lowest BCUT2D eigenvalue weighted by Gasteiger charge is -2.25. The van der Waals surface area contributed by atoms with Crippen LogP contribution in [0.25, 0.3) is 0 Å². The molecule has 0 saturated carbocycles. The van der Waals surface area contributed by atoms with Crippen molar-refractivity contribution in [2.45, 2.75) is 6.42 Å². The first-order valence-corrected chi connectivity index (χ1v) is 5.74. The molecular formula is C11H14N2O5. The Bertz CT molecular complexity index is 436. The summed E-state index contributed by atoms with van der Waals surface area (Å²) in [5.74, 6) is -0.561. The van der Waals surface area contributed by atoms with Crippen LogP contribution in [-0.2, 0) is 4.74 Å². The molecule has 0 aromatic carbocycles. The topological polar surface area (TPSA) is 85.8 Å². The van der Waals surface area contributed by atoms with E-state index in [9.17, 15) is 14.9 Å². The Morgan fingerprint density at radius 3 is 2.72 bits per heavy atom. The van der Waals surface area contributed by atoms with Gasteiger partial charge in [0.15, 0.2) is 11.5 Å². The van der Waals surface area contributed by atoms with Gasteiger partial charge < -0.3 is 9.15 Å². The molecule has 2 rings (SSSR count). The van der Waals surface area contributed by atoms with Crippen LogP contribution < -0.4 is 0 Å². The molecule has 1 aromatic rings. The molecule has 0 N–H and O–H groups in total. The highest BCUT2D eigenvalue weighted by molar-refractivity contribution is 5.93. The van der Waals surface area contributed by atoms with E-state index in [1.165, 1.54) is 12.1 Å². The average molecular weight is 254 g/mol. The number of hydrogen-bond acceptors (Lipinski definition) is 6. The Labute approximate surface area is 103 Å². The first-order valence-electron chi connectivity index (χ1n) is 5.74. The normalized spacial score (nSPS) is 16.7. The van der Waals surface area contributed by atoms with Crippen molar-refractivity contribution in [2.24, 2.45) is 0 Å². The molecule has 1 saturated heterocycles. The highest BCUT2D eigenvalue weighted by Crippen LogP contribution is 2.17. The van der Waals surface area contributed by atoms with Crippen LogP contribution in [0.2, 0.25) is 0 Å². The molecule has 0 unspecified atom stereocenters.